The van der Waals surface area contributed by atoms with Gasteiger partial charge in [-0.1, -0.05) is 12.1 Å². The second kappa shape index (κ2) is 3.61. The molecule has 0 spiro atoms. The molecule has 0 bridgehead atoms. The molecule has 0 atom stereocenters. The van der Waals surface area contributed by atoms with Crippen LogP contribution in [0.25, 0.3) is 10.9 Å². The van der Waals surface area contributed by atoms with Gasteiger partial charge in [0.05, 0.1) is 17.5 Å². The molecule has 5 heteroatoms. The fourth-order valence-corrected chi connectivity index (χ4v) is 1.38. The van der Waals surface area contributed by atoms with Crippen molar-refractivity contribution < 1.29 is 9.53 Å². The van der Waals surface area contributed by atoms with Gasteiger partial charge in [-0.05, 0) is 19.1 Å². The number of para-hydroxylation sites is 1. The van der Waals surface area contributed by atoms with Crippen molar-refractivity contribution in [1.82, 2.24) is 9.78 Å². The Labute approximate surface area is 85.3 Å². The Morgan fingerprint density at radius 1 is 1.47 bits per heavy atom. The van der Waals surface area contributed by atoms with Crippen LogP contribution in [-0.4, -0.2) is 22.5 Å². The lowest BCUT2D eigenvalue weighted by molar-refractivity contribution is 0.149. The summed E-state index contributed by atoms with van der Waals surface area (Å²) in [4.78, 5) is 23.0. The lowest BCUT2D eigenvalue weighted by Crippen LogP contribution is -2.25. The highest BCUT2D eigenvalue weighted by Gasteiger charge is 2.12. The number of carbonyl (C=O) groups is 1. The summed E-state index contributed by atoms with van der Waals surface area (Å²) in [7, 11) is 0. The number of fused-ring (bicyclic) bond motifs is 1. The Balaban J connectivity index is 2.58. The lowest BCUT2D eigenvalue weighted by Gasteiger charge is -1.98. The first-order valence-electron chi connectivity index (χ1n) is 4.61. The minimum Gasteiger partial charge on any atom is -0.448 e. The Bertz CT molecular complexity index is 553. The van der Waals surface area contributed by atoms with Gasteiger partial charge in [-0.15, -0.1) is 4.68 Å². The van der Waals surface area contributed by atoms with E-state index in [1.165, 1.54) is 0 Å². The summed E-state index contributed by atoms with van der Waals surface area (Å²) in [6, 6.07) is 6.91. The number of hydrogen-bond donors (Lipinski definition) is 1. The van der Waals surface area contributed by atoms with Gasteiger partial charge in [0.1, 0.15) is 0 Å². The van der Waals surface area contributed by atoms with Crippen molar-refractivity contribution in [3.8, 4) is 0 Å². The SMILES string of the molecule is CCOC(=O)n1[nH]c2ccccc2c1=O. The molecule has 1 aromatic heterocycles. The molecule has 2 aromatic rings. The van der Waals surface area contributed by atoms with Gasteiger partial charge in [-0.2, -0.15) is 0 Å². The van der Waals surface area contributed by atoms with Gasteiger partial charge in [-0.3, -0.25) is 9.89 Å². The van der Waals surface area contributed by atoms with Gasteiger partial charge >= 0.3 is 6.09 Å². The third-order valence-corrected chi connectivity index (χ3v) is 2.04. The van der Waals surface area contributed by atoms with Crippen molar-refractivity contribution in [1.29, 1.82) is 0 Å². The van der Waals surface area contributed by atoms with Crippen LogP contribution in [0.3, 0.4) is 0 Å². The zero-order valence-corrected chi connectivity index (χ0v) is 8.19. The summed E-state index contributed by atoms with van der Waals surface area (Å²) in [5.41, 5.74) is 0.236. The van der Waals surface area contributed by atoms with E-state index in [2.05, 4.69) is 5.10 Å². The van der Waals surface area contributed by atoms with Gasteiger partial charge in [0, 0.05) is 0 Å². The number of nitrogens with one attached hydrogen (secondary N) is 1. The molecule has 0 saturated heterocycles. The van der Waals surface area contributed by atoms with E-state index >= 15 is 0 Å². The highest BCUT2D eigenvalue weighted by molar-refractivity contribution is 5.82. The van der Waals surface area contributed by atoms with Crippen LogP contribution in [0.2, 0.25) is 0 Å². The molecule has 0 fully saturated rings. The number of carbonyl (C=O) groups excluding carboxylic acids is 1. The minimum atomic E-state index is -0.682. The summed E-state index contributed by atoms with van der Waals surface area (Å²) in [5.74, 6) is 0. The van der Waals surface area contributed by atoms with Gasteiger partial charge in [0.25, 0.3) is 5.56 Å². The van der Waals surface area contributed by atoms with Crippen LogP contribution in [0, 0.1) is 0 Å². The maximum Gasteiger partial charge on any atom is 0.436 e. The molecular formula is C10H10N2O3. The number of hydrogen-bond acceptors (Lipinski definition) is 3. The Hall–Kier alpha value is -2.04. The number of nitrogens with zero attached hydrogens (tertiary/aromatic N) is 1. The van der Waals surface area contributed by atoms with Crippen molar-refractivity contribution in [3.63, 3.8) is 0 Å². The van der Waals surface area contributed by atoms with Gasteiger partial charge in [-0.25, -0.2) is 4.79 Å². The van der Waals surface area contributed by atoms with E-state index < -0.39 is 6.09 Å². The fourth-order valence-electron chi connectivity index (χ4n) is 1.38. The van der Waals surface area contributed by atoms with E-state index in [0.717, 1.165) is 4.68 Å². The maximum absolute atomic E-state index is 11.7. The predicted molar refractivity (Wildman–Crippen MR) is 55.0 cm³/mol. The fraction of sp³-hybridized carbons (Fsp3) is 0.200. The Kier molecular flexibility index (Phi) is 2.29. The van der Waals surface area contributed by atoms with Gasteiger partial charge < -0.3 is 4.74 Å². The van der Waals surface area contributed by atoms with Crippen LogP contribution >= 0.6 is 0 Å². The monoisotopic (exact) mass is 206 g/mol. The zero-order chi connectivity index (χ0) is 10.8. The van der Waals surface area contributed by atoms with Crippen LogP contribution in [0.4, 0.5) is 4.79 Å². The van der Waals surface area contributed by atoms with Crippen molar-refractivity contribution in [2.24, 2.45) is 0 Å². The minimum absolute atomic E-state index is 0.237. The summed E-state index contributed by atoms with van der Waals surface area (Å²) in [6.45, 7) is 1.92. The van der Waals surface area contributed by atoms with E-state index in [9.17, 15) is 9.59 Å². The molecule has 0 radical (unpaired) electrons. The van der Waals surface area contributed by atoms with Crippen molar-refractivity contribution in [2.45, 2.75) is 6.92 Å². The van der Waals surface area contributed by atoms with Gasteiger partial charge in [0.15, 0.2) is 0 Å². The Morgan fingerprint density at radius 2 is 2.20 bits per heavy atom. The number of benzene rings is 1. The quantitative estimate of drug-likeness (QED) is 0.765. The average molecular weight is 206 g/mol. The molecular weight excluding hydrogens is 196 g/mol. The Morgan fingerprint density at radius 3 is 2.87 bits per heavy atom. The molecule has 0 unspecified atom stereocenters. The number of rotatable bonds is 1. The van der Waals surface area contributed by atoms with E-state index in [0.29, 0.717) is 10.9 Å². The smallest absolute Gasteiger partial charge is 0.436 e. The summed E-state index contributed by atoms with van der Waals surface area (Å²) in [5, 5.41) is 3.16. The molecule has 15 heavy (non-hydrogen) atoms. The second-order valence-electron chi connectivity index (χ2n) is 3.00. The number of aromatic nitrogens is 2. The summed E-state index contributed by atoms with van der Waals surface area (Å²) in [6.07, 6.45) is -0.682. The van der Waals surface area contributed by atoms with Crippen LogP contribution in [0.1, 0.15) is 6.92 Å². The molecule has 78 valence electrons. The van der Waals surface area contributed by atoms with Crippen molar-refractivity contribution >= 4 is 17.0 Å². The first kappa shape index (κ1) is 9.51. The zero-order valence-electron chi connectivity index (χ0n) is 8.19. The topological polar surface area (TPSA) is 64.1 Å². The van der Waals surface area contributed by atoms with Crippen LogP contribution in [0.15, 0.2) is 29.1 Å². The summed E-state index contributed by atoms with van der Waals surface area (Å²) < 4.78 is 5.60. The molecule has 2 rings (SSSR count). The molecule has 0 aliphatic rings. The molecule has 0 amide bonds. The molecule has 0 saturated carbocycles. The highest BCUT2D eigenvalue weighted by atomic mass is 16.6. The standard InChI is InChI=1S/C10H10N2O3/c1-2-15-10(14)12-9(13)7-5-3-4-6-8(7)11-12/h3-6,11H,2H2,1H3. The molecule has 1 N–H and O–H groups in total. The number of ether oxygens (including phenoxy) is 1. The first-order chi connectivity index (χ1) is 7.24. The molecule has 0 aliphatic carbocycles. The van der Waals surface area contributed by atoms with E-state index in [-0.39, 0.29) is 12.2 Å². The third kappa shape index (κ3) is 1.52. The highest BCUT2D eigenvalue weighted by Crippen LogP contribution is 2.05. The average Bonchev–Trinajstić information content (AvgIpc) is 2.57. The maximum atomic E-state index is 11.7. The predicted octanol–water partition coefficient (Wildman–Crippen LogP) is 1.33. The first-order valence-corrected chi connectivity index (χ1v) is 4.61. The van der Waals surface area contributed by atoms with Crippen molar-refractivity contribution in [3.05, 3.63) is 34.6 Å². The number of H-pyrrole nitrogens is 1. The molecule has 1 aromatic carbocycles. The molecule has 5 nitrogen and oxygen atoms in total. The molecule has 0 aliphatic heterocycles. The van der Waals surface area contributed by atoms with Gasteiger partial charge in [0.2, 0.25) is 0 Å². The van der Waals surface area contributed by atoms with Crippen molar-refractivity contribution in [2.75, 3.05) is 6.61 Å². The van der Waals surface area contributed by atoms with E-state index in [1.54, 1.807) is 31.2 Å². The third-order valence-electron chi connectivity index (χ3n) is 2.04. The van der Waals surface area contributed by atoms with E-state index in [1.807, 2.05) is 0 Å². The molecule has 1 heterocycles. The summed E-state index contributed by atoms with van der Waals surface area (Å²) >= 11 is 0. The van der Waals surface area contributed by atoms with Crippen LogP contribution in [-0.2, 0) is 4.74 Å². The largest absolute Gasteiger partial charge is 0.448 e. The number of aromatic amines is 1. The van der Waals surface area contributed by atoms with Crippen LogP contribution in [0.5, 0.6) is 0 Å². The second-order valence-corrected chi connectivity index (χ2v) is 3.00. The van der Waals surface area contributed by atoms with Crippen LogP contribution < -0.4 is 5.56 Å². The normalized spacial score (nSPS) is 10.5. The van der Waals surface area contributed by atoms with E-state index in [4.69, 9.17) is 4.74 Å². The lowest BCUT2D eigenvalue weighted by atomic mass is 10.3.